The van der Waals surface area contributed by atoms with E-state index in [0.717, 1.165) is 5.56 Å². The Morgan fingerprint density at radius 3 is 2.17 bits per heavy atom. The van der Waals surface area contributed by atoms with Crippen molar-refractivity contribution in [3.63, 3.8) is 0 Å². The van der Waals surface area contributed by atoms with E-state index in [2.05, 4.69) is 4.74 Å². The lowest BCUT2D eigenvalue weighted by Gasteiger charge is -2.11. The van der Waals surface area contributed by atoms with Gasteiger partial charge in [0.05, 0.1) is 12.0 Å². The minimum atomic E-state index is -1.68. The Kier molecular flexibility index (Phi) is 4.42. The molecule has 0 fully saturated rings. The van der Waals surface area contributed by atoms with Gasteiger partial charge in [0, 0.05) is 0 Å². The van der Waals surface area contributed by atoms with Crippen LogP contribution in [-0.4, -0.2) is 34.2 Å². The summed E-state index contributed by atoms with van der Waals surface area (Å²) in [6.07, 6.45) is -2.45. The number of carboxylic acid groups (broad SMARTS) is 2. The molecule has 96 valence electrons. The van der Waals surface area contributed by atoms with Crippen LogP contribution in [0.4, 0.5) is 0 Å². The fourth-order valence-corrected chi connectivity index (χ4v) is 1.22. The molecule has 0 radical (unpaired) electrons. The molecular weight excluding hydrogens is 240 g/mol. The van der Waals surface area contributed by atoms with Crippen molar-refractivity contribution in [3.05, 3.63) is 35.4 Å². The number of hydrogen-bond donors (Lipinski definition) is 2. The Balaban J connectivity index is 2.75. The maximum Gasteiger partial charge on any atom is 0.345 e. The first-order valence-electron chi connectivity index (χ1n) is 5.12. The van der Waals surface area contributed by atoms with Crippen LogP contribution in [0.2, 0.25) is 0 Å². The van der Waals surface area contributed by atoms with Gasteiger partial charge >= 0.3 is 17.9 Å². The Hall–Kier alpha value is -2.37. The van der Waals surface area contributed by atoms with E-state index in [1.807, 2.05) is 6.92 Å². The molecule has 0 spiro atoms. The number of ether oxygens (including phenoxy) is 1. The molecule has 0 aliphatic rings. The van der Waals surface area contributed by atoms with Gasteiger partial charge < -0.3 is 14.9 Å². The van der Waals surface area contributed by atoms with E-state index in [1.54, 1.807) is 12.1 Å². The zero-order valence-electron chi connectivity index (χ0n) is 9.62. The monoisotopic (exact) mass is 252 g/mol. The summed E-state index contributed by atoms with van der Waals surface area (Å²) in [5, 5.41) is 17.2. The van der Waals surface area contributed by atoms with Crippen molar-refractivity contribution < 1.29 is 29.3 Å². The van der Waals surface area contributed by atoms with Gasteiger partial charge in [-0.15, -0.1) is 0 Å². The zero-order valence-corrected chi connectivity index (χ0v) is 9.62. The Bertz CT molecular complexity index is 462. The molecule has 6 nitrogen and oxygen atoms in total. The normalized spacial score (nSPS) is 11.6. The maximum atomic E-state index is 11.6. The first kappa shape index (κ1) is 13.7. The van der Waals surface area contributed by atoms with E-state index in [4.69, 9.17) is 10.2 Å². The average Bonchev–Trinajstić information content (AvgIpc) is 2.28. The average molecular weight is 252 g/mol. The summed E-state index contributed by atoms with van der Waals surface area (Å²) in [6, 6.07) is 6.31. The second-order valence-electron chi connectivity index (χ2n) is 3.70. The first-order valence-corrected chi connectivity index (χ1v) is 5.12. The number of carboxylic acids is 2. The Morgan fingerprint density at radius 2 is 1.72 bits per heavy atom. The summed E-state index contributed by atoms with van der Waals surface area (Å²) < 4.78 is 4.63. The van der Waals surface area contributed by atoms with E-state index in [1.165, 1.54) is 12.1 Å². The first-order chi connectivity index (χ1) is 8.40. The van der Waals surface area contributed by atoms with Gasteiger partial charge in [-0.2, -0.15) is 0 Å². The largest absolute Gasteiger partial charge is 0.481 e. The molecule has 2 N–H and O–H groups in total. The third kappa shape index (κ3) is 3.89. The molecule has 0 aromatic heterocycles. The topological polar surface area (TPSA) is 101 Å². The molecular formula is C12H12O6. The van der Waals surface area contributed by atoms with Crippen LogP contribution in [0.3, 0.4) is 0 Å². The van der Waals surface area contributed by atoms with Crippen molar-refractivity contribution in [2.45, 2.75) is 19.4 Å². The summed E-state index contributed by atoms with van der Waals surface area (Å²) in [5.74, 6) is -3.69. The predicted octanol–water partition coefficient (Wildman–Crippen LogP) is 1.08. The van der Waals surface area contributed by atoms with Crippen LogP contribution < -0.4 is 0 Å². The van der Waals surface area contributed by atoms with E-state index in [-0.39, 0.29) is 5.56 Å². The van der Waals surface area contributed by atoms with Gasteiger partial charge in [-0.25, -0.2) is 9.59 Å². The van der Waals surface area contributed by atoms with Crippen LogP contribution in [-0.2, 0) is 14.3 Å². The highest BCUT2D eigenvalue weighted by atomic mass is 16.6. The van der Waals surface area contributed by atoms with Gasteiger partial charge in [-0.05, 0) is 19.1 Å². The summed E-state index contributed by atoms with van der Waals surface area (Å²) >= 11 is 0. The number of carbonyl (C=O) groups is 3. The molecule has 0 aliphatic carbocycles. The molecule has 1 aromatic rings. The molecule has 0 amide bonds. The van der Waals surface area contributed by atoms with Gasteiger partial charge in [0.25, 0.3) is 0 Å². The number of carbonyl (C=O) groups excluding carboxylic acids is 1. The maximum absolute atomic E-state index is 11.6. The number of benzene rings is 1. The van der Waals surface area contributed by atoms with Crippen LogP contribution in [0.25, 0.3) is 0 Å². The quantitative estimate of drug-likeness (QED) is 0.760. The smallest absolute Gasteiger partial charge is 0.345 e. The highest BCUT2D eigenvalue weighted by Crippen LogP contribution is 2.08. The molecule has 0 heterocycles. The molecule has 18 heavy (non-hydrogen) atoms. The number of rotatable bonds is 5. The molecule has 0 bridgehead atoms. The molecule has 0 saturated heterocycles. The molecule has 0 unspecified atom stereocenters. The fraction of sp³-hybridized carbons (Fsp3) is 0.250. The second-order valence-corrected chi connectivity index (χ2v) is 3.70. The van der Waals surface area contributed by atoms with E-state index in [0.29, 0.717) is 0 Å². The van der Waals surface area contributed by atoms with E-state index in [9.17, 15) is 14.4 Å². The molecule has 6 heteroatoms. The minimum Gasteiger partial charge on any atom is -0.481 e. The number of aliphatic carboxylic acids is 2. The van der Waals surface area contributed by atoms with Gasteiger partial charge in [0.15, 0.2) is 0 Å². The van der Waals surface area contributed by atoms with Crippen molar-refractivity contribution in [1.82, 2.24) is 0 Å². The standard InChI is InChI=1S/C12H12O6/c1-7-2-4-8(5-3-7)12(17)18-9(11(15)16)6-10(13)14/h2-5,9H,6H2,1H3,(H,13,14)(H,15,16)/t9-/m1/s1. The van der Waals surface area contributed by atoms with Crippen LogP contribution >= 0.6 is 0 Å². The Labute approximate surface area is 103 Å². The third-order valence-electron chi connectivity index (χ3n) is 2.17. The van der Waals surface area contributed by atoms with Crippen molar-refractivity contribution in [3.8, 4) is 0 Å². The fourth-order valence-electron chi connectivity index (χ4n) is 1.22. The predicted molar refractivity (Wildman–Crippen MR) is 60.3 cm³/mol. The molecule has 1 atom stereocenters. The van der Waals surface area contributed by atoms with Gasteiger partial charge in [0.1, 0.15) is 0 Å². The lowest BCUT2D eigenvalue weighted by molar-refractivity contribution is -0.153. The van der Waals surface area contributed by atoms with Crippen LogP contribution in [0.5, 0.6) is 0 Å². The summed E-state index contributed by atoms with van der Waals surface area (Å²) in [6.45, 7) is 1.83. The van der Waals surface area contributed by atoms with E-state index >= 15 is 0 Å². The lowest BCUT2D eigenvalue weighted by Crippen LogP contribution is -2.29. The van der Waals surface area contributed by atoms with Gasteiger partial charge in [-0.1, -0.05) is 17.7 Å². The van der Waals surface area contributed by atoms with Crippen molar-refractivity contribution in [1.29, 1.82) is 0 Å². The van der Waals surface area contributed by atoms with Crippen LogP contribution in [0.1, 0.15) is 22.3 Å². The molecule has 0 aliphatic heterocycles. The number of hydrogen-bond acceptors (Lipinski definition) is 4. The van der Waals surface area contributed by atoms with Gasteiger partial charge in [0.2, 0.25) is 6.10 Å². The molecule has 0 saturated carbocycles. The number of esters is 1. The summed E-state index contributed by atoms with van der Waals surface area (Å²) in [5.41, 5.74) is 1.11. The van der Waals surface area contributed by atoms with Crippen molar-refractivity contribution in [2.75, 3.05) is 0 Å². The van der Waals surface area contributed by atoms with Crippen LogP contribution in [0, 0.1) is 6.92 Å². The minimum absolute atomic E-state index is 0.178. The SMILES string of the molecule is Cc1ccc(C(=O)O[C@H](CC(=O)O)C(=O)O)cc1. The lowest BCUT2D eigenvalue weighted by atomic mass is 10.1. The highest BCUT2D eigenvalue weighted by molar-refractivity contribution is 5.92. The third-order valence-corrected chi connectivity index (χ3v) is 2.17. The molecule has 1 aromatic carbocycles. The summed E-state index contributed by atoms with van der Waals surface area (Å²) in [7, 11) is 0. The Morgan fingerprint density at radius 1 is 1.17 bits per heavy atom. The second kappa shape index (κ2) is 5.81. The zero-order chi connectivity index (χ0) is 13.7. The summed E-state index contributed by atoms with van der Waals surface area (Å²) in [4.78, 5) is 32.7. The highest BCUT2D eigenvalue weighted by Gasteiger charge is 2.25. The van der Waals surface area contributed by atoms with E-state index < -0.39 is 30.4 Å². The van der Waals surface area contributed by atoms with Crippen LogP contribution in [0.15, 0.2) is 24.3 Å². The van der Waals surface area contributed by atoms with Crippen molar-refractivity contribution in [2.24, 2.45) is 0 Å². The van der Waals surface area contributed by atoms with Crippen molar-refractivity contribution >= 4 is 17.9 Å². The van der Waals surface area contributed by atoms with Gasteiger partial charge in [-0.3, -0.25) is 4.79 Å². The number of aryl methyl sites for hydroxylation is 1. The molecule has 1 rings (SSSR count).